The van der Waals surface area contributed by atoms with Gasteiger partial charge >= 0.3 is 11.9 Å². The first-order valence-electron chi connectivity index (χ1n) is 6.59. The van der Waals surface area contributed by atoms with Crippen molar-refractivity contribution in [1.29, 1.82) is 0 Å². The molecule has 0 saturated carbocycles. The van der Waals surface area contributed by atoms with Crippen LogP contribution in [0.4, 0.5) is 13.2 Å². The van der Waals surface area contributed by atoms with Gasteiger partial charge in [-0.3, -0.25) is 13.9 Å². The second-order valence-electron chi connectivity index (χ2n) is 4.93. The van der Waals surface area contributed by atoms with E-state index in [2.05, 4.69) is 9.72 Å². The van der Waals surface area contributed by atoms with Crippen molar-refractivity contribution in [1.82, 2.24) is 18.7 Å². The number of imidazole rings is 1. The Hall–Kier alpha value is -1.81. The Labute approximate surface area is 132 Å². The van der Waals surface area contributed by atoms with Crippen molar-refractivity contribution < 1.29 is 17.9 Å². The predicted octanol–water partition coefficient (Wildman–Crippen LogP) is 1.06. The first-order chi connectivity index (χ1) is 10.6. The van der Waals surface area contributed by atoms with Gasteiger partial charge in [0.05, 0.1) is 0 Å². The van der Waals surface area contributed by atoms with Crippen LogP contribution in [0.15, 0.2) is 9.59 Å². The average Bonchev–Trinajstić information content (AvgIpc) is 2.78. The smallest absolute Gasteiger partial charge is 0.372 e. The third-order valence-electron chi connectivity index (χ3n) is 3.24. The number of hydrogen-bond acceptors (Lipinski definition) is 4. The summed E-state index contributed by atoms with van der Waals surface area (Å²) in [5, 5.41) is -0.0193. The Morgan fingerprint density at radius 1 is 1.22 bits per heavy atom. The van der Waals surface area contributed by atoms with Gasteiger partial charge in [0.1, 0.15) is 6.61 Å². The van der Waals surface area contributed by atoms with E-state index in [-0.39, 0.29) is 36.0 Å². The van der Waals surface area contributed by atoms with Crippen molar-refractivity contribution in [3.63, 3.8) is 0 Å². The molecule has 11 heteroatoms. The second-order valence-corrected chi connectivity index (χ2v) is 5.27. The summed E-state index contributed by atoms with van der Waals surface area (Å²) < 4.78 is 43.9. The third-order valence-corrected chi connectivity index (χ3v) is 3.53. The SMILES string of the molecule is Cn1c(=O)c2c(nc(Cl)n2CCCOCC(F)(F)F)n(C)c1=O. The molecule has 0 aliphatic heterocycles. The van der Waals surface area contributed by atoms with E-state index in [0.717, 1.165) is 4.57 Å². The lowest BCUT2D eigenvalue weighted by Crippen LogP contribution is -2.37. The highest BCUT2D eigenvalue weighted by molar-refractivity contribution is 6.29. The van der Waals surface area contributed by atoms with Gasteiger partial charge in [0.2, 0.25) is 5.28 Å². The van der Waals surface area contributed by atoms with E-state index in [1.807, 2.05) is 0 Å². The monoisotopic (exact) mass is 354 g/mol. The van der Waals surface area contributed by atoms with Gasteiger partial charge in [-0.1, -0.05) is 0 Å². The first-order valence-corrected chi connectivity index (χ1v) is 6.97. The Bertz CT molecular complexity index is 837. The summed E-state index contributed by atoms with van der Waals surface area (Å²) in [6.45, 7) is -1.34. The molecule has 2 aromatic rings. The summed E-state index contributed by atoms with van der Waals surface area (Å²) in [6.07, 6.45) is -4.18. The summed E-state index contributed by atoms with van der Waals surface area (Å²) in [5.74, 6) is 0. The maximum absolute atomic E-state index is 12.2. The van der Waals surface area contributed by atoms with E-state index in [4.69, 9.17) is 11.6 Å². The van der Waals surface area contributed by atoms with Crippen molar-refractivity contribution in [3.05, 3.63) is 26.1 Å². The number of ether oxygens (including phenoxy) is 1. The molecule has 2 aromatic heterocycles. The number of aromatic nitrogens is 4. The predicted molar refractivity (Wildman–Crippen MR) is 76.7 cm³/mol. The zero-order valence-corrected chi connectivity index (χ0v) is 13.1. The molecule has 0 aliphatic rings. The molecule has 2 rings (SSSR count). The molecule has 23 heavy (non-hydrogen) atoms. The van der Waals surface area contributed by atoms with Crippen LogP contribution in [0, 0.1) is 0 Å². The van der Waals surface area contributed by atoms with Crippen molar-refractivity contribution in [2.75, 3.05) is 13.2 Å². The highest BCUT2D eigenvalue weighted by Gasteiger charge is 2.27. The largest absolute Gasteiger partial charge is 0.411 e. The highest BCUT2D eigenvalue weighted by Crippen LogP contribution is 2.17. The van der Waals surface area contributed by atoms with E-state index >= 15 is 0 Å². The maximum Gasteiger partial charge on any atom is 0.411 e. The fourth-order valence-corrected chi connectivity index (χ4v) is 2.39. The van der Waals surface area contributed by atoms with E-state index in [9.17, 15) is 22.8 Å². The Balaban J connectivity index is 2.24. The van der Waals surface area contributed by atoms with Crippen LogP contribution in [-0.2, 0) is 25.4 Å². The molecule has 0 atom stereocenters. The molecular weight excluding hydrogens is 341 g/mol. The number of nitrogens with zero attached hydrogens (tertiary/aromatic N) is 4. The molecule has 0 radical (unpaired) electrons. The fourth-order valence-electron chi connectivity index (χ4n) is 2.14. The topological polar surface area (TPSA) is 71.0 Å². The number of fused-ring (bicyclic) bond motifs is 1. The summed E-state index contributed by atoms with van der Waals surface area (Å²) >= 11 is 5.97. The Kier molecular flexibility index (Phi) is 4.85. The van der Waals surface area contributed by atoms with Crippen LogP contribution in [0.5, 0.6) is 0 Å². The summed E-state index contributed by atoms with van der Waals surface area (Å²) in [4.78, 5) is 28.0. The van der Waals surface area contributed by atoms with Crippen LogP contribution in [0.2, 0.25) is 5.28 Å². The average molecular weight is 355 g/mol. The molecule has 0 N–H and O–H groups in total. The normalized spacial score (nSPS) is 12.3. The molecule has 0 bridgehead atoms. The van der Waals surface area contributed by atoms with Crippen molar-refractivity contribution >= 4 is 22.8 Å². The summed E-state index contributed by atoms with van der Waals surface area (Å²) in [7, 11) is 2.77. The van der Waals surface area contributed by atoms with Gasteiger partial charge in [0, 0.05) is 27.2 Å². The minimum absolute atomic E-state index is 0.0193. The van der Waals surface area contributed by atoms with Gasteiger partial charge in [-0.2, -0.15) is 18.2 Å². The highest BCUT2D eigenvalue weighted by atomic mass is 35.5. The van der Waals surface area contributed by atoms with Crippen LogP contribution in [0.1, 0.15) is 6.42 Å². The number of alkyl halides is 3. The Morgan fingerprint density at radius 3 is 2.48 bits per heavy atom. The number of halogens is 4. The molecule has 0 amide bonds. The number of aryl methyl sites for hydroxylation is 2. The van der Waals surface area contributed by atoms with Crippen LogP contribution in [0.3, 0.4) is 0 Å². The molecule has 0 saturated heterocycles. The molecule has 2 heterocycles. The van der Waals surface area contributed by atoms with Gasteiger partial charge < -0.3 is 9.30 Å². The first kappa shape index (κ1) is 17.5. The van der Waals surface area contributed by atoms with E-state index in [1.165, 1.54) is 23.2 Å². The van der Waals surface area contributed by atoms with Crippen LogP contribution >= 0.6 is 11.6 Å². The van der Waals surface area contributed by atoms with E-state index in [1.54, 1.807) is 0 Å². The van der Waals surface area contributed by atoms with Crippen molar-refractivity contribution in [2.24, 2.45) is 14.1 Å². The third kappa shape index (κ3) is 3.58. The molecular formula is C12H14ClF3N4O3. The molecule has 0 fully saturated rings. The second kappa shape index (κ2) is 6.36. The number of hydrogen-bond donors (Lipinski definition) is 0. The molecule has 0 unspecified atom stereocenters. The van der Waals surface area contributed by atoms with Gasteiger partial charge in [0.25, 0.3) is 5.56 Å². The van der Waals surface area contributed by atoms with Crippen molar-refractivity contribution in [2.45, 2.75) is 19.1 Å². The van der Waals surface area contributed by atoms with Gasteiger partial charge in [-0.25, -0.2) is 4.79 Å². The zero-order valence-electron chi connectivity index (χ0n) is 12.4. The van der Waals surface area contributed by atoms with Crippen LogP contribution in [0.25, 0.3) is 11.2 Å². The standard InChI is InChI=1S/C12H14ClF3N4O3/c1-18-8-7(9(21)19(2)11(18)22)20(10(13)17-8)4-3-5-23-6-12(14,15)16/h3-6H2,1-2H3. The van der Waals surface area contributed by atoms with E-state index in [0.29, 0.717) is 0 Å². The molecule has 7 nitrogen and oxygen atoms in total. The van der Waals surface area contributed by atoms with Crippen LogP contribution < -0.4 is 11.2 Å². The molecule has 0 aliphatic carbocycles. The quantitative estimate of drug-likeness (QED) is 0.594. The maximum atomic E-state index is 12.2. The molecule has 0 aromatic carbocycles. The van der Waals surface area contributed by atoms with Crippen molar-refractivity contribution in [3.8, 4) is 0 Å². The zero-order chi connectivity index (χ0) is 17.4. The fraction of sp³-hybridized carbons (Fsp3) is 0.583. The Morgan fingerprint density at radius 2 is 1.87 bits per heavy atom. The van der Waals surface area contributed by atoms with E-state index < -0.39 is 24.0 Å². The lowest BCUT2D eigenvalue weighted by atomic mass is 10.4. The molecule has 0 spiro atoms. The van der Waals surface area contributed by atoms with Crippen LogP contribution in [-0.4, -0.2) is 38.1 Å². The summed E-state index contributed by atoms with van der Waals surface area (Å²) in [6, 6.07) is 0. The van der Waals surface area contributed by atoms with Gasteiger partial charge in [-0.05, 0) is 18.0 Å². The minimum atomic E-state index is -4.38. The van der Waals surface area contributed by atoms with Gasteiger partial charge in [-0.15, -0.1) is 0 Å². The summed E-state index contributed by atoms with van der Waals surface area (Å²) in [5.41, 5.74) is -0.870. The lowest BCUT2D eigenvalue weighted by Gasteiger charge is -2.09. The minimum Gasteiger partial charge on any atom is -0.372 e. The number of rotatable bonds is 5. The van der Waals surface area contributed by atoms with Gasteiger partial charge in [0.15, 0.2) is 11.2 Å². The lowest BCUT2D eigenvalue weighted by molar-refractivity contribution is -0.174. The molecule has 128 valence electrons.